The Morgan fingerprint density at radius 1 is 0.649 bits per heavy atom. The zero-order chi connectivity index (χ0) is 40.7. The van der Waals surface area contributed by atoms with E-state index in [1.165, 1.54) is 24.1 Å². The van der Waals surface area contributed by atoms with Gasteiger partial charge >= 0.3 is 24.1 Å². The zero-order valence-electron chi connectivity index (χ0n) is 34.2. The van der Waals surface area contributed by atoms with Gasteiger partial charge in [-0.1, -0.05) is 45.0 Å². The van der Waals surface area contributed by atoms with E-state index in [1.807, 2.05) is 65.8 Å². The highest BCUT2D eigenvalue weighted by atomic mass is 127. The maximum atomic E-state index is 13.1. The summed E-state index contributed by atoms with van der Waals surface area (Å²) in [5.41, 5.74) is 1.43. The highest BCUT2D eigenvalue weighted by Gasteiger charge is 2.64. The molecule has 7 fully saturated rings. The molecule has 310 valence electrons. The van der Waals surface area contributed by atoms with Gasteiger partial charge in [0, 0.05) is 41.6 Å². The molecular formula is C45H58FIN2O8. The molecule has 2 aromatic carbocycles. The predicted molar refractivity (Wildman–Crippen MR) is 222 cm³/mol. The molecule has 4 saturated carbocycles. The van der Waals surface area contributed by atoms with Gasteiger partial charge in [-0.05, 0) is 158 Å². The molecule has 4 bridgehead atoms. The van der Waals surface area contributed by atoms with Crippen molar-refractivity contribution in [2.45, 2.75) is 128 Å². The molecule has 0 unspecified atom stereocenters. The van der Waals surface area contributed by atoms with Gasteiger partial charge in [0.25, 0.3) is 5.79 Å². The van der Waals surface area contributed by atoms with E-state index in [-0.39, 0.29) is 33.3 Å². The maximum Gasteiger partial charge on any atom is 0.410 e. The lowest BCUT2D eigenvalue weighted by Gasteiger charge is -2.59. The fourth-order valence-corrected chi connectivity index (χ4v) is 11.8. The third-order valence-electron chi connectivity index (χ3n) is 12.3. The van der Waals surface area contributed by atoms with E-state index >= 15 is 0 Å². The van der Waals surface area contributed by atoms with Gasteiger partial charge in [-0.2, -0.15) is 0 Å². The monoisotopic (exact) mass is 899 g/mol. The number of hydrogen-bond acceptors (Lipinski definition) is 8. The van der Waals surface area contributed by atoms with Gasteiger partial charge in [-0.15, -0.1) is 0 Å². The van der Waals surface area contributed by atoms with E-state index in [0.29, 0.717) is 49.9 Å². The van der Waals surface area contributed by atoms with Gasteiger partial charge in [-0.25, -0.2) is 23.6 Å². The second-order valence-corrected chi connectivity index (χ2v) is 21.7. The van der Waals surface area contributed by atoms with E-state index in [1.54, 1.807) is 9.80 Å². The van der Waals surface area contributed by atoms with Gasteiger partial charge in [-0.3, -0.25) is 0 Å². The molecule has 7 aliphatic rings. The van der Waals surface area contributed by atoms with Crippen LogP contribution in [-0.2, 0) is 28.5 Å². The molecule has 3 heterocycles. The Balaban J connectivity index is 0.000000210. The van der Waals surface area contributed by atoms with E-state index in [2.05, 4.69) is 12.1 Å². The molecule has 2 aromatic rings. The van der Waals surface area contributed by atoms with E-state index in [4.69, 9.17) is 18.9 Å². The van der Waals surface area contributed by atoms with Crippen molar-refractivity contribution in [3.8, 4) is 0 Å². The molecular weight excluding hydrogens is 841 g/mol. The van der Waals surface area contributed by atoms with Crippen LogP contribution in [0.1, 0.15) is 122 Å². The SMILES string of the molecule is CC(C)(C)OC(=O)N1CCC(c2ccc(I=C3C(=O)OC4(OC3=O)C3CC5CC(C3)CC4C5)cc2)CC1.CC(C)(C)OC(=O)N1CCC(c2ccc([18F])cc2)CC1. The van der Waals surface area contributed by atoms with Crippen LogP contribution in [-0.4, -0.2) is 80.6 Å². The van der Waals surface area contributed by atoms with Crippen LogP contribution in [0.3, 0.4) is 0 Å². The summed E-state index contributed by atoms with van der Waals surface area (Å²) in [7, 11) is 0. The number of nitrogens with zero attached hydrogens (tertiary/aromatic N) is 2. The number of likely N-dealkylation sites (tertiary alicyclic amines) is 2. The first-order chi connectivity index (χ1) is 26.9. The summed E-state index contributed by atoms with van der Waals surface area (Å²) in [6.07, 6.45) is 8.40. The van der Waals surface area contributed by atoms with Crippen LogP contribution < -0.4 is 0 Å². The molecule has 1 spiro atoms. The number of piperidine rings is 2. The Morgan fingerprint density at radius 3 is 1.42 bits per heavy atom. The summed E-state index contributed by atoms with van der Waals surface area (Å²) in [6, 6.07) is 14.9. The van der Waals surface area contributed by atoms with Gasteiger partial charge in [0.05, 0.1) is 0 Å². The minimum absolute atomic E-state index is 0.164. The molecule has 10 nitrogen and oxygen atoms in total. The first-order valence-electron chi connectivity index (χ1n) is 20.7. The predicted octanol–water partition coefficient (Wildman–Crippen LogP) is 9.31. The maximum absolute atomic E-state index is 13.1. The van der Waals surface area contributed by atoms with Crippen LogP contribution in [0.25, 0.3) is 0 Å². The second kappa shape index (κ2) is 16.6. The molecule has 0 radical (unpaired) electrons. The Bertz CT molecular complexity index is 1780. The lowest BCUT2D eigenvalue weighted by molar-refractivity contribution is -0.308. The average Bonchev–Trinajstić information content (AvgIpc) is 3.15. The number of rotatable bonds is 3. The number of carbonyl (C=O) groups is 4. The van der Waals surface area contributed by atoms with Gasteiger partial charge in [0.2, 0.25) is 0 Å². The standard InChI is InChI=1S/C29H36INO6.C16H22FNO2/c1-28(2,3)37-27(34)31-10-8-20(9-11-31)19-4-6-23(7-5-19)30-24-25(32)35-29(36-26(24)33)21-13-17-12-18(15-21)16-22(29)14-17;1-16(2,3)20-15(19)18-10-8-13(9-11-18)12-4-6-14(17)7-5-12/h4-7,17-18,20-22H,8-16H2,1-3H3;4-7,13H,8-11H2,1-3H3/i;17-1. The highest BCUT2D eigenvalue weighted by molar-refractivity contribution is 14.2. The number of esters is 2. The molecule has 12 heteroatoms. The Morgan fingerprint density at radius 2 is 1.04 bits per heavy atom. The zero-order valence-corrected chi connectivity index (χ0v) is 36.3. The Hall–Kier alpha value is -3.55. The topological polar surface area (TPSA) is 112 Å². The third kappa shape index (κ3) is 9.84. The minimum Gasteiger partial charge on any atom is -0.444 e. The molecule has 3 aliphatic heterocycles. The molecule has 0 N–H and O–H groups in total. The van der Waals surface area contributed by atoms with Gasteiger partial charge in [0.15, 0.2) is 3.51 Å². The van der Waals surface area contributed by atoms with Crippen molar-refractivity contribution < 1.29 is 42.5 Å². The van der Waals surface area contributed by atoms with E-state index < -0.39 is 49.7 Å². The van der Waals surface area contributed by atoms with Gasteiger partial charge in [0.1, 0.15) is 17.0 Å². The molecule has 0 aromatic heterocycles. The van der Waals surface area contributed by atoms with Crippen LogP contribution in [0.5, 0.6) is 0 Å². The minimum atomic E-state index is -1.01. The molecule has 3 saturated heterocycles. The van der Waals surface area contributed by atoms with Crippen LogP contribution in [0.4, 0.5) is 14.0 Å². The fraction of sp³-hybridized carbons (Fsp3) is 0.622. The molecule has 0 atom stereocenters. The quantitative estimate of drug-likeness (QED) is 0.170. The number of halogens is 2. The Kier molecular flexibility index (Phi) is 12.1. The summed E-state index contributed by atoms with van der Waals surface area (Å²) in [5.74, 6) is 0.388. The van der Waals surface area contributed by atoms with Crippen LogP contribution >= 0.6 is 20.7 Å². The smallest absolute Gasteiger partial charge is 0.410 e. The third-order valence-corrected chi connectivity index (χ3v) is 15.1. The van der Waals surface area contributed by atoms with E-state index in [0.717, 1.165) is 60.5 Å². The Labute approximate surface area is 346 Å². The number of amides is 2. The molecule has 9 rings (SSSR count). The van der Waals surface area contributed by atoms with Crippen LogP contribution in [0, 0.1) is 33.1 Å². The van der Waals surface area contributed by atoms with Crippen molar-refractivity contribution in [2.75, 3.05) is 26.2 Å². The molecule has 2 amide bonds. The number of benzene rings is 2. The van der Waals surface area contributed by atoms with Crippen LogP contribution in [0.2, 0.25) is 0 Å². The lowest BCUT2D eigenvalue weighted by Crippen LogP contribution is -2.65. The number of hydrogen-bond donors (Lipinski definition) is 0. The average molecular weight is 900 g/mol. The van der Waals surface area contributed by atoms with Crippen molar-refractivity contribution >= 4 is 48.4 Å². The number of ether oxygens (including phenoxy) is 4. The highest BCUT2D eigenvalue weighted by Crippen LogP contribution is 2.60. The van der Waals surface area contributed by atoms with Crippen molar-refractivity contribution in [1.29, 1.82) is 0 Å². The first kappa shape index (κ1) is 41.6. The summed E-state index contributed by atoms with van der Waals surface area (Å²) in [5, 5.41) is 0. The van der Waals surface area contributed by atoms with Crippen molar-refractivity contribution in [2.24, 2.45) is 23.7 Å². The summed E-state index contributed by atoms with van der Waals surface area (Å²) in [6.45, 7) is 14.0. The summed E-state index contributed by atoms with van der Waals surface area (Å²) < 4.78 is 37.1. The fourth-order valence-electron chi connectivity index (χ4n) is 9.82. The van der Waals surface area contributed by atoms with Gasteiger partial charge < -0.3 is 28.7 Å². The normalized spacial score (nSPS) is 27.7. The molecule has 4 aliphatic carbocycles. The summed E-state index contributed by atoms with van der Waals surface area (Å²) in [4.78, 5) is 54.1. The first-order valence-corrected chi connectivity index (χ1v) is 22.9. The second-order valence-electron chi connectivity index (χ2n) is 18.8. The number of carbonyl (C=O) groups excluding carboxylic acids is 4. The molecule has 57 heavy (non-hydrogen) atoms. The van der Waals surface area contributed by atoms with Crippen molar-refractivity contribution in [3.63, 3.8) is 0 Å². The summed E-state index contributed by atoms with van der Waals surface area (Å²) >= 11 is -0.993. The lowest BCUT2D eigenvalue weighted by atomic mass is 9.53. The van der Waals surface area contributed by atoms with Crippen molar-refractivity contribution in [1.82, 2.24) is 9.80 Å². The largest absolute Gasteiger partial charge is 0.444 e. The van der Waals surface area contributed by atoms with E-state index in [9.17, 15) is 23.6 Å². The van der Waals surface area contributed by atoms with Crippen LogP contribution in [0.15, 0.2) is 48.5 Å². The van der Waals surface area contributed by atoms with Crippen molar-refractivity contribution in [3.05, 3.63) is 69.0 Å².